The van der Waals surface area contributed by atoms with Gasteiger partial charge in [-0.2, -0.15) is 0 Å². The van der Waals surface area contributed by atoms with E-state index in [1.54, 1.807) is 0 Å². The standard InChI is InChI=1S/C7H12BrN5O3S/c1-5(14)9-3-4-10-17(15,16)7-6(8)11-12-13(7)2/h10H,3-4H2,1-2H3,(H,9,14). The lowest BCUT2D eigenvalue weighted by Crippen LogP contribution is -2.34. The molecule has 0 spiro atoms. The Hall–Kier alpha value is -1.00. The number of rotatable bonds is 5. The predicted octanol–water partition coefficient (Wildman–Crippen LogP) is -1.01. The zero-order valence-electron chi connectivity index (χ0n) is 9.27. The van der Waals surface area contributed by atoms with Gasteiger partial charge in [-0.15, -0.1) is 5.10 Å². The highest BCUT2D eigenvalue weighted by Crippen LogP contribution is 2.16. The molecule has 1 aromatic rings. The summed E-state index contributed by atoms with van der Waals surface area (Å²) in [5, 5.41) is 9.57. The molecule has 0 fully saturated rings. The number of carbonyl (C=O) groups excluding carboxylic acids is 1. The molecular weight excluding hydrogens is 314 g/mol. The molecule has 1 rings (SSSR count). The molecule has 0 bridgehead atoms. The number of carbonyl (C=O) groups is 1. The topological polar surface area (TPSA) is 106 Å². The van der Waals surface area contributed by atoms with E-state index in [-0.39, 0.29) is 28.6 Å². The largest absolute Gasteiger partial charge is 0.355 e. The first kappa shape index (κ1) is 14.1. The molecule has 0 aliphatic rings. The summed E-state index contributed by atoms with van der Waals surface area (Å²) < 4.78 is 27.3. The van der Waals surface area contributed by atoms with Crippen LogP contribution in [0.25, 0.3) is 0 Å². The van der Waals surface area contributed by atoms with Gasteiger partial charge in [0.1, 0.15) is 0 Å². The van der Waals surface area contributed by atoms with E-state index in [9.17, 15) is 13.2 Å². The fourth-order valence-electron chi connectivity index (χ4n) is 1.10. The molecule has 1 amide bonds. The number of hydrogen-bond acceptors (Lipinski definition) is 5. The number of amides is 1. The van der Waals surface area contributed by atoms with E-state index in [0.717, 1.165) is 4.68 Å². The van der Waals surface area contributed by atoms with E-state index in [4.69, 9.17) is 0 Å². The third-order valence-corrected chi connectivity index (χ3v) is 4.13. The highest BCUT2D eigenvalue weighted by atomic mass is 79.9. The third-order valence-electron chi connectivity index (χ3n) is 1.78. The highest BCUT2D eigenvalue weighted by Gasteiger charge is 2.23. The molecule has 8 nitrogen and oxygen atoms in total. The second-order valence-corrected chi connectivity index (χ2v) is 5.62. The molecule has 10 heteroatoms. The van der Waals surface area contributed by atoms with Crippen LogP contribution in [0, 0.1) is 0 Å². The minimum atomic E-state index is -3.69. The molecule has 0 unspecified atom stereocenters. The van der Waals surface area contributed by atoms with Crippen LogP contribution in [-0.2, 0) is 21.9 Å². The van der Waals surface area contributed by atoms with Gasteiger partial charge in [0, 0.05) is 27.1 Å². The van der Waals surface area contributed by atoms with Crippen molar-refractivity contribution in [2.24, 2.45) is 7.05 Å². The number of aryl methyl sites for hydroxylation is 1. The van der Waals surface area contributed by atoms with Crippen LogP contribution in [0.5, 0.6) is 0 Å². The summed E-state index contributed by atoms with van der Waals surface area (Å²) in [4.78, 5) is 10.6. The van der Waals surface area contributed by atoms with Gasteiger partial charge < -0.3 is 5.32 Å². The SMILES string of the molecule is CC(=O)NCCNS(=O)(=O)c1c(Br)nnn1C. The summed E-state index contributed by atoms with van der Waals surface area (Å²) in [5.41, 5.74) is 0. The fraction of sp³-hybridized carbons (Fsp3) is 0.571. The van der Waals surface area contributed by atoms with E-state index in [2.05, 4.69) is 36.3 Å². The van der Waals surface area contributed by atoms with Gasteiger partial charge in [0.2, 0.25) is 10.9 Å². The zero-order chi connectivity index (χ0) is 13.1. The van der Waals surface area contributed by atoms with E-state index >= 15 is 0 Å². The van der Waals surface area contributed by atoms with Gasteiger partial charge in [-0.05, 0) is 15.9 Å². The Morgan fingerprint density at radius 3 is 2.59 bits per heavy atom. The number of halogens is 1. The molecule has 1 aromatic heterocycles. The molecule has 0 saturated heterocycles. The summed E-state index contributed by atoms with van der Waals surface area (Å²) in [6.07, 6.45) is 0. The second-order valence-electron chi connectivity index (χ2n) is 3.19. The van der Waals surface area contributed by atoms with E-state index in [0.29, 0.717) is 0 Å². The molecule has 0 aliphatic carbocycles. The smallest absolute Gasteiger partial charge is 0.260 e. The Morgan fingerprint density at radius 2 is 2.12 bits per heavy atom. The number of nitrogens with zero attached hydrogens (tertiary/aromatic N) is 3. The lowest BCUT2D eigenvalue weighted by molar-refractivity contribution is -0.118. The molecule has 0 aliphatic heterocycles. The summed E-state index contributed by atoms with van der Waals surface area (Å²) >= 11 is 3.00. The van der Waals surface area contributed by atoms with Crippen molar-refractivity contribution in [3.8, 4) is 0 Å². The van der Waals surface area contributed by atoms with Gasteiger partial charge in [0.15, 0.2) is 4.60 Å². The number of hydrogen-bond donors (Lipinski definition) is 2. The van der Waals surface area contributed by atoms with Gasteiger partial charge in [0.25, 0.3) is 10.0 Å². The Bertz CT molecular complexity index is 492. The van der Waals surface area contributed by atoms with Crippen LogP contribution < -0.4 is 10.0 Å². The normalized spacial score (nSPS) is 11.5. The molecule has 1 heterocycles. The monoisotopic (exact) mass is 325 g/mol. The zero-order valence-corrected chi connectivity index (χ0v) is 11.7. The lowest BCUT2D eigenvalue weighted by Gasteiger charge is -2.06. The third kappa shape index (κ3) is 3.75. The minimum Gasteiger partial charge on any atom is -0.355 e. The van der Waals surface area contributed by atoms with Gasteiger partial charge >= 0.3 is 0 Å². The van der Waals surface area contributed by atoms with Crippen molar-refractivity contribution in [1.82, 2.24) is 25.0 Å². The molecule has 0 radical (unpaired) electrons. The summed E-state index contributed by atoms with van der Waals surface area (Å²) in [6.45, 7) is 1.67. The quantitative estimate of drug-likeness (QED) is 0.675. The Labute approximate surface area is 107 Å². The average Bonchev–Trinajstić information content (AvgIpc) is 2.53. The van der Waals surface area contributed by atoms with Crippen molar-refractivity contribution >= 4 is 31.9 Å². The second kappa shape index (κ2) is 5.56. The fourth-order valence-corrected chi connectivity index (χ4v) is 3.22. The van der Waals surface area contributed by atoms with E-state index in [1.807, 2.05) is 0 Å². The minimum absolute atomic E-state index is 0.0553. The van der Waals surface area contributed by atoms with Crippen LogP contribution in [0.4, 0.5) is 0 Å². The molecule has 17 heavy (non-hydrogen) atoms. The van der Waals surface area contributed by atoms with E-state index in [1.165, 1.54) is 14.0 Å². The van der Waals surface area contributed by atoms with Crippen LogP contribution in [0.2, 0.25) is 0 Å². The maximum absolute atomic E-state index is 11.8. The van der Waals surface area contributed by atoms with Gasteiger partial charge in [-0.1, -0.05) is 5.21 Å². The van der Waals surface area contributed by atoms with Crippen molar-refractivity contribution in [2.45, 2.75) is 11.9 Å². The van der Waals surface area contributed by atoms with E-state index < -0.39 is 10.0 Å². The maximum atomic E-state index is 11.8. The predicted molar refractivity (Wildman–Crippen MR) is 62.6 cm³/mol. The van der Waals surface area contributed by atoms with Crippen LogP contribution in [-0.4, -0.2) is 42.4 Å². The van der Waals surface area contributed by atoms with Crippen LogP contribution in [0.3, 0.4) is 0 Å². The lowest BCUT2D eigenvalue weighted by atomic mass is 10.6. The van der Waals surface area contributed by atoms with Gasteiger partial charge in [0.05, 0.1) is 0 Å². The number of nitrogens with one attached hydrogen (secondary N) is 2. The molecular formula is C7H12BrN5O3S. The first-order valence-electron chi connectivity index (χ1n) is 4.64. The molecule has 0 atom stereocenters. The molecule has 2 N–H and O–H groups in total. The number of aromatic nitrogens is 3. The molecule has 0 saturated carbocycles. The highest BCUT2D eigenvalue weighted by molar-refractivity contribution is 9.10. The maximum Gasteiger partial charge on any atom is 0.260 e. The van der Waals surface area contributed by atoms with Gasteiger partial charge in [-0.25, -0.2) is 17.8 Å². The van der Waals surface area contributed by atoms with Crippen molar-refractivity contribution in [1.29, 1.82) is 0 Å². The first-order chi connectivity index (χ1) is 7.84. The van der Waals surface area contributed by atoms with Crippen LogP contribution in [0.15, 0.2) is 9.63 Å². The summed E-state index contributed by atoms with van der Waals surface area (Å²) in [6, 6.07) is 0. The van der Waals surface area contributed by atoms with Crippen molar-refractivity contribution < 1.29 is 13.2 Å². The van der Waals surface area contributed by atoms with Gasteiger partial charge in [-0.3, -0.25) is 4.79 Å². The van der Waals surface area contributed by atoms with Crippen molar-refractivity contribution in [3.63, 3.8) is 0 Å². The van der Waals surface area contributed by atoms with Crippen LogP contribution >= 0.6 is 15.9 Å². The Balaban J connectivity index is 2.67. The molecule has 0 aromatic carbocycles. The number of sulfonamides is 1. The Morgan fingerprint density at radius 1 is 1.47 bits per heavy atom. The van der Waals surface area contributed by atoms with Crippen molar-refractivity contribution in [3.05, 3.63) is 4.60 Å². The summed E-state index contributed by atoms with van der Waals surface area (Å²) in [5.74, 6) is -0.215. The van der Waals surface area contributed by atoms with Crippen molar-refractivity contribution in [2.75, 3.05) is 13.1 Å². The Kier molecular flexibility index (Phi) is 4.60. The average molecular weight is 326 g/mol. The summed E-state index contributed by atoms with van der Waals surface area (Å²) in [7, 11) is -2.21. The molecule has 96 valence electrons. The first-order valence-corrected chi connectivity index (χ1v) is 6.91. The van der Waals surface area contributed by atoms with Crippen LogP contribution in [0.1, 0.15) is 6.92 Å².